The minimum Gasteiger partial charge on any atom is -0.508 e. The molecule has 0 saturated carbocycles. The van der Waals surface area contributed by atoms with Crippen molar-refractivity contribution in [3.8, 4) is 11.5 Å². The number of rotatable bonds is 0. The molecule has 8 nitrogen and oxygen atoms in total. The van der Waals surface area contributed by atoms with Gasteiger partial charge in [-0.1, -0.05) is 7.43 Å². The molecule has 1 aromatic rings. The molecule has 142 valence electrons. The molecule has 6 N–H and O–H groups in total. The largest absolute Gasteiger partial charge is 0.508 e. The topological polar surface area (TPSA) is 156 Å². The normalized spacial score (nSPS) is 9.28. The van der Waals surface area contributed by atoms with Gasteiger partial charge in [0.25, 0.3) is 0 Å². The van der Waals surface area contributed by atoms with Gasteiger partial charge in [-0.25, -0.2) is 0 Å². The first-order chi connectivity index (χ1) is 11.6. The third-order valence-electron chi connectivity index (χ3n) is 1.67. The van der Waals surface area contributed by atoms with Crippen molar-refractivity contribution in [3.05, 3.63) is 74.9 Å². The van der Waals surface area contributed by atoms with Crippen molar-refractivity contribution in [2.75, 3.05) is 0 Å². The minimum absolute atomic E-state index is 0. The Morgan fingerprint density at radius 3 is 0.880 bits per heavy atom. The maximum absolute atomic E-state index is 10.3. The summed E-state index contributed by atoms with van der Waals surface area (Å²) < 4.78 is 0. The van der Waals surface area contributed by atoms with Gasteiger partial charge in [0, 0.05) is 0 Å². The summed E-state index contributed by atoms with van der Waals surface area (Å²) in [7, 11) is 0. The molecule has 0 radical (unpaired) electrons. The van der Waals surface area contributed by atoms with Crippen LogP contribution < -0.4 is 0 Å². The van der Waals surface area contributed by atoms with E-state index in [1.165, 1.54) is 48.6 Å². The van der Waals surface area contributed by atoms with Gasteiger partial charge in [-0.3, -0.25) is 30.6 Å². The van der Waals surface area contributed by atoms with Gasteiger partial charge < -0.3 is 10.2 Å². The Morgan fingerprint density at radius 1 is 0.560 bits per heavy atom. The van der Waals surface area contributed by atoms with Gasteiger partial charge in [-0.15, -0.1) is 26.3 Å². The van der Waals surface area contributed by atoms with Crippen LogP contribution in [0, 0.1) is 0 Å². The number of phenols is 2. The van der Waals surface area contributed by atoms with Gasteiger partial charge in [0.2, 0.25) is 0 Å². The standard InChI is InChI=1S/C6H6O2.C6H4O2.2C2H4.CH4.2H2O2/c2*7-5-1-2-6(8)4-3-5;2*1-2;;2*1-2/h1-4,7-8H;1-4H;2*1-2H2;1H4;2*1-2H. The van der Waals surface area contributed by atoms with E-state index in [1.807, 2.05) is 0 Å². The van der Waals surface area contributed by atoms with Gasteiger partial charge in [-0.2, -0.15) is 0 Å². The van der Waals surface area contributed by atoms with Crippen molar-refractivity contribution in [2.24, 2.45) is 0 Å². The highest BCUT2D eigenvalue weighted by Crippen LogP contribution is 2.13. The van der Waals surface area contributed by atoms with Crippen molar-refractivity contribution in [1.29, 1.82) is 0 Å². The highest BCUT2D eigenvalue weighted by Gasteiger charge is 1.97. The molecule has 25 heavy (non-hydrogen) atoms. The summed E-state index contributed by atoms with van der Waals surface area (Å²) >= 11 is 0. The van der Waals surface area contributed by atoms with E-state index in [4.69, 9.17) is 31.2 Å². The Morgan fingerprint density at radius 2 is 0.720 bits per heavy atom. The number of hydrogen-bond donors (Lipinski definition) is 6. The first kappa shape index (κ1) is 33.5. The zero-order valence-corrected chi connectivity index (χ0v) is 12.9. The van der Waals surface area contributed by atoms with Crippen molar-refractivity contribution >= 4 is 11.6 Å². The van der Waals surface area contributed by atoms with E-state index in [1.54, 1.807) is 0 Å². The van der Waals surface area contributed by atoms with E-state index in [0.717, 1.165) is 0 Å². The highest BCUT2D eigenvalue weighted by molar-refractivity contribution is 6.14. The second-order valence-corrected chi connectivity index (χ2v) is 2.99. The Balaban J connectivity index is -0.0000000743. The van der Waals surface area contributed by atoms with E-state index < -0.39 is 0 Å². The summed E-state index contributed by atoms with van der Waals surface area (Å²) in [6, 6.07) is 5.70. The molecule has 0 amide bonds. The second kappa shape index (κ2) is 29.0. The molecule has 0 bridgehead atoms. The van der Waals surface area contributed by atoms with Crippen LogP contribution in [0.1, 0.15) is 7.43 Å². The fraction of sp³-hybridized carbons (Fsp3) is 0.0588. The molecule has 1 aliphatic carbocycles. The monoisotopic (exact) mass is 358 g/mol. The van der Waals surface area contributed by atoms with Gasteiger partial charge in [0.1, 0.15) is 11.5 Å². The summed E-state index contributed by atoms with van der Waals surface area (Å²) in [5, 5.41) is 41.3. The molecule has 0 unspecified atom stereocenters. The minimum atomic E-state index is -0.121. The first-order valence-electron chi connectivity index (χ1n) is 5.90. The summed E-state index contributed by atoms with van der Waals surface area (Å²) in [5.74, 6) is 0.0970. The van der Waals surface area contributed by atoms with Crippen molar-refractivity contribution in [1.82, 2.24) is 0 Å². The van der Waals surface area contributed by atoms with Gasteiger partial charge in [0.05, 0.1) is 0 Å². The fourth-order valence-corrected chi connectivity index (χ4v) is 0.892. The van der Waals surface area contributed by atoms with Crippen LogP contribution in [0.25, 0.3) is 0 Å². The maximum Gasteiger partial charge on any atom is 0.178 e. The van der Waals surface area contributed by atoms with Crippen LogP contribution in [0.15, 0.2) is 74.9 Å². The van der Waals surface area contributed by atoms with Crippen LogP contribution in [0.2, 0.25) is 0 Å². The van der Waals surface area contributed by atoms with Crippen LogP contribution in [-0.4, -0.2) is 42.8 Å². The Kier molecular flexibility index (Phi) is 38.9. The molecule has 0 heterocycles. The number of benzene rings is 1. The van der Waals surface area contributed by atoms with Gasteiger partial charge in [-0.05, 0) is 48.6 Å². The van der Waals surface area contributed by atoms with Crippen molar-refractivity contribution in [2.45, 2.75) is 7.43 Å². The van der Waals surface area contributed by atoms with Crippen LogP contribution in [0.4, 0.5) is 0 Å². The number of hydrogen-bond acceptors (Lipinski definition) is 8. The number of carbonyl (C=O) groups excluding carboxylic acids is 2. The van der Waals surface area contributed by atoms with Crippen molar-refractivity contribution < 1.29 is 40.8 Å². The van der Waals surface area contributed by atoms with Crippen LogP contribution in [0.5, 0.6) is 11.5 Å². The lowest BCUT2D eigenvalue weighted by Gasteiger charge is -1.88. The van der Waals surface area contributed by atoms with Crippen LogP contribution in [0.3, 0.4) is 0 Å². The molecule has 0 saturated heterocycles. The molecule has 8 heteroatoms. The van der Waals surface area contributed by atoms with Crippen LogP contribution in [-0.2, 0) is 9.59 Å². The number of aromatic hydroxyl groups is 2. The Bertz CT molecular complexity index is 417. The molecule has 0 spiro atoms. The SMILES string of the molecule is C.C=C.C=C.O=C1C=CC(=O)C=C1.OO.OO.Oc1ccc(O)cc1. The predicted octanol–water partition coefficient (Wildman–Crippen LogP) is 3.62. The molecule has 0 atom stereocenters. The van der Waals surface area contributed by atoms with E-state index in [0.29, 0.717) is 0 Å². The molecular formula is C17H26O8. The summed E-state index contributed by atoms with van der Waals surface area (Å²) in [6.07, 6.45) is 5.01. The third kappa shape index (κ3) is 26.2. The average molecular weight is 358 g/mol. The quantitative estimate of drug-likeness (QED) is 0.135. The van der Waals surface area contributed by atoms with E-state index in [2.05, 4.69) is 26.3 Å². The zero-order valence-electron chi connectivity index (χ0n) is 12.9. The predicted molar refractivity (Wildman–Crippen MR) is 97.8 cm³/mol. The molecule has 0 fully saturated rings. The zero-order chi connectivity index (χ0) is 20.0. The van der Waals surface area contributed by atoms with Gasteiger partial charge >= 0.3 is 0 Å². The number of carbonyl (C=O) groups is 2. The molecule has 0 aliphatic heterocycles. The maximum atomic E-state index is 10.3. The molecule has 2 rings (SSSR count). The lowest BCUT2D eigenvalue weighted by molar-refractivity contribution is -0.176. The lowest BCUT2D eigenvalue weighted by Crippen LogP contribution is -1.97. The van der Waals surface area contributed by atoms with E-state index >= 15 is 0 Å². The van der Waals surface area contributed by atoms with E-state index in [9.17, 15) is 9.59 Å². The molecule has 0 aromatic heterocycles. The smallest absolute Gasteiger partial charge is 0.178 e. The second-order valence-electron chi connectivity index (χ2n) is 2.99. The van der Waals surface area contributed by atoms with Crippen LogP contribution >= 0.6 is 0 Å². The first-order valence-corrected chi connectivity index (χ1v) is 5.90. The Hall–Kier alpha value is -3.04. The molecular weight excluding hydrogens is 332 g/mol. The summed E-state index contributed by atoms with van der Waals surface area (Å²) in [5.41, 5.74) is 0. The van der Waals surface area contributed by atoms with Gasteiger partial charge in [0.15, 0.2) is 11.6 Å². The van der Waals surface area contributed by atoms with E-state index in [-0.39, 0.29) is 30.5 Å². The Labute approximate surface area is 147 Å². The highest BCUT2D eigenvalue weighted by atomic mass is 17.0. The fourth-order valence-electron chi connectivity index (χ4n) is 0.892. The molecule has 1 aromatic carbocycles. The molecule has 1 aliphatic rings. The van der Waals surface area contributed by atoms with Crippen molar-refractivity contribution in [3.63, 3.8) is 0 Å². The number of ketones is 2. The summed E-state index contributed by atoms with van der Waals surface area (Å²) in [6.45, 7) is 12.0. The lowest BCUT2D eigenvalue weighted by atomic mass is 10.2. The average Bonchev–Trinajstić information content (AvgIpc) is 2.67. The number of allylic oxidation sites excluding steroid dienone is 4. The third-order valence-corrected chi connectivity index (χ3v) is 1.67. The summed E-state index contributed by atoms with van der Waals surface area (Å²) in [4.78, 5) is 20.6. The number of phenolic OH excluding ortho intramolecular Hbond substituents is 2.